The van der Waals surface area contributed by atoms with E-state index in [-0.39, 0.29) is 53.7 Å². The molecule has 6 aliphatic heterocycles. The third kappa shape index (κ3) is 8.16. The van der Waals surface area contributed by atoms with Crippen molar-refractivity contribution in [2.45, 2.75) is 133 Å². The summed E-state index contributed by atoms with van der Waals surface area (Å²) in [6.07, 6.45) is 8.40. The van der Waals surface area contributed by atoms with Gasteiger partial charge in [0.1, 0.15) is 36.3 Å². The number of carbonyl (C=O) groups excluding carboxylic acids is 5. The molecule has 1 unspecified atom stereocenters. The maximum atomic E-state index is 15.8. The molecule has 2 amide bonds. The SMILES string of the molecule is CCC1=C[C@@H]2C[C@](C(=O)OC)(c3cc4c(cc3OC)N(C)[C@H]3[C@@](O)(C(=O)OC)[C@H](OC(C)=O)[C@]5(CC)C=CCN6CC[C@]43[C@@H]65)c3[nH]c4ccccc4c3C[N+](CC(=O)N3CCC[C@H]3C(=O)N[C@H](C(=O)O)[C@@H](C)CC)(C1)C2.[Br-]. The largest absolute Gasteiger partial charge is 1.00 e. The fourth-order valence-electron chi connectivity index (χ4n) is 16.1. The number of benzene rings is 2. The molecular formula is C58H75BrN6O12. The van der Waals surface area contributed by atoms with Crippen molar-refractivity contribution in [3.8, 4) is 5.75 Å². The second kappa shape index (κ2) is 20.5. The lowest BCUT2D eigenvalue weighted by Gasteiger charge is -2.63. The van der Waals surface area contributed by atoms with E-state index in [1.807, 2.05) is 68.3 Å². The molecule has 416 valence electrons. The first-order chi connectivity index (χ1) is 36.3. The van der Waals surface area contributed by atoms with Crippen LogP contribution >= 0.6 is 0 Å². The highest BCUT2D eigenvalue weighted by Crippen LogP contribution is 2.68. The van der Waals surface area contributed by atoms with Crippen LogP contribution in [-0.2, 0) is 60.4 Å². The number of anilines is 1. The summed E-state index contributed by atoms with van der Waals surface area (Å²) < 4.78 is 24.5. The number of carboxylic acid groups (broad SMARTS) is 1. The Morgan fingerprint density at radius 1 is 0.974 bits per heavy atom. The number of H-pyrrole nitrogens is 1. The third-order valence-corrected chi connectivity index (χ3v) is 19.2. The van der Waals surface area contributed by atoms with Crippen LogP contribution in [0.15, 0.2) is 60.2 Å². The molecule has 4 N–H and O–H groups in total. The van der Waals surface area contributed by atoms with E-state index in [1.165, 1.54) is 21.1 Å². The van der Waals surface area contributed by atoms with Crippen molar-refractivity contribution in [2.24, 2.45) is 17.3 Å². The van der Waals surface area contributed by atoms with Crippen molar-refractivity contribution in [3.05, 3.63) is 82.6 Å². The van der Waals surface area contributed by atoms with Gasteiger partial charge in [0.05, 0.1) is 33.9 Å². The zero-order valence-corrected chi connectivity index (χ0v) is 47.4. The van der Waals surface area contributed by atoms with Crippen LogP contribution in [-0.4, -0.2) is 169 Å². The number of halogens is 1. The Bertz CT molecular complexity index is 2960. The Morgan fingerprint density at radius 3 is 2.38 bits per heavy atom. The number of carboxylic acids is 1. The highest BCUT2D eigenvalue weighted by molar-refractivity contribution is 5.95. The quantitative estimate of drug-likeness (QED) is 0.0786. The monoisotopic (exact) mass is 1130 g/mol. The van der Waals surface area contributed by atoms with Crippen molar-refractivity contribution < 1.29 is 79.4 Å². The molecule has 1 saturated carbocycles. The number of likely N-dealkylation sites (tertiary alicyclic amines) is 1. The molecule has 3 aromatic rings. The van der Waals surface area contributed by atoms with Crippen molar-refractivity contribution in [2.75, 3.05) is 72.5 Å². The van der Waals surface area contributed by atoms with Gasteiger partial charge in [-0.1, -0.05) is 70.5 Å². The Morgan fingerprint density at radius 2 is 1.71 bits per heavy atom. The number of aliphatic hydroxyl groups is 1. The van der Waals surface area contributed by atoms with Crippen LogP contribution in [0.25, 0.3) is 10.9 Å². The summed E-state index contributed by atoms with van der Waals surface area (Å²) >= 11 is 0. The number of carbonyl (C=O) groups is 6. The van der Waals surface area contributed by atoms with Gasteiger partial charge in [-0.15, -0.1) is 0 Å². The van der Waals surface area contributed by atoms with Crippen LogP contribution in [0.1, 0.15) is 102 Å². The molecule has 7 aliphatic rings. The average Bonchev–Trinajstić information content (AvgIpc) is 2.93. The maximum absolute atomic E-state index is 15.8. The molecule has 10 rings (SSSR count). The number of rotatable bonds is 14. The van der Waals surface area contributed by atoms with Crippen LogP contribution in [0, 0.1) is 17.3 Å². The summed E-state index contributed by atoms with van der Waals surface area (Å²) in [4.78, 5) is 94.6. The van der Waals surface area contributed by atoms with Crippen molar-refractivity contribution in [1.29, 1.82) is 0 Å². The van der Waals surface area contributed by atoms with E-state index >= 15 is 9.59 Å². The molecule has 3 fully saturated rings. The van der Waals surface area contributed by atoms with Crippen LogP contribution in [0.4, 0.5) is 5.69 Å². The molecular weight excluding hydrogens is 1050 g/mol. The number of hydrogen-bond donors (Lipinski definition) is 4. The molecule has 12 atom stereocenters. The van der Waals surface area contributed by atoms with Crippen molar-refractivity contribution >= 4 is 52.3 Å². The lowest BCUT2D eigenvalue weighted by atomic mass is 9.47. The van der Waals surface area contributed by atoms with E-state index in [0.717, 1.165) is 27.6 Å². The molecule has 2 bridgehead atoms. The highest BCUT2D eigenvalue weighted by atomic mass is 79.9. The smallest absolute Gasteiger partial charge is 0.344 e. The molecule has 1 aliphatic carbocycles. The predicted octanol–water partition coefficient (Wildman–Crippen LogP) is 1.88. The number of nitrogens with one attached hydrogen (secondary N) is 2. The highest BCUT2D eigenvalue weighted by Gasteiger charge is 2.80. The number of aliphatic carboxylic acids is 1. The number of ether oxygens (including phenoxy) is 4. The summed E-state index contributed by atoms with van der Waals surface area (Å²) in [5.41, 5.74) is -0.572. The Labute approximate surface area is 460 Å². The van der Waals surface area contributed by atoms with Gasteiger partial charge in [-0.25, -0.2) is 9.59 Å². The molecule has 1 aromatic heterocycles. The van der Waals surface area contributed by atoms with E-state index in [4.69, 9.17) is 18.9 Å². The van der Waals surface area contributed by atoms with Gasteiger partial charge in [-0.05, 0) is 74.3 Å². The van der Waals surface area contributed by atoms with E-state index in [1.54, 1.807) is 18.9 Å². The zero-order chi connectivity index (χ0) is 54.4. The second-order valence-corrected chi connectivity index (χ2v) is 23.0. The first kappa shape index (κ1) is 56.0. The van der Waals surface area contributed by atoms with Gasteiger partial charge in [0.25, 0.3) is 5.91 Å². The summed E-state index contributed by atoms with van der Waals surface area (Å²) in [5.74, 6) is -4.05. The number of quaternary nitrogens is 1. The van der Waals surface area contributed by atoms with Gasteiger partial charge in [0, 0.05) is 89.3 Å². The van der Waals surface area contributed by atoms with Gasteiger partial charge in [0.2, 0.25) is 11.5 Å². The number of para-hydroxylation sites is 1. The minimum atomic E-state index is -2.37. The minimum Gasteiger partial charge on any atom is -1.00 e. The molecule has 77 heavy (non-hydrogen) atoms. The van der Waals surface area contributed by atoms with Gasteiger partial charge in [-0.2, -0.15) is 0 Å². The van der Waals surface area contributed by atoms with Crippen molar-refractivity contribution in [1.82, 2.24) is 20.1 Å². The molecule has 2 saturated heterocycles. The fourth-order valence-corrected chi connectivity index (χ4v) is 16.1. The first-order valence-electron chi connectivity index (χ1n) is 27.2. The summed E-state index contributed by atoms with van der Waals surface area (Å²) in [7, 11) is 6.04. The van der Waals surface area contributed by atoms with Crippen LogP contribution in [0.2, 0.25) is 0 Å². The summed E-state index contributed by atoms with van der Waals surface area (Å²) in [5, 5.41) is 27.2. The fraction of sp³-hybridized carbons (Fsp3) is 0.586. The van der Waals surface area contributed by atoms with Crippen LogP contribution in [0.5, 0.6) is 5.75 Å². The number of aromatic amines is 1. The van der Waals surface area contributed by atoms with Gasteiger partial charge in [0.15, 0.2) is 12.6 Å². The van der Waals surface area contributed by atoms with Gasteiger partial charge >= 0.3 is 23.9 Å². The first-order valence-corrected chi connectivity index (χ1v) is 27.2. The average molecular weight is 1130 g/mol. The topological polar surface area (TPSA) is 217 Å². The molecule has 7 heterocycles. The van der Waals surface area contributed by atoms with E-state index in [9.17, 15) is 29.4 Å². The summed E-state index contributed by atoms with van der Waals surface area (Å²) in [6.45, 7) is 12.1. The lowest BCUT2D eigenvalue weighted by Crippen LogP contribution is -3.00. The van der Waals surface area contributed by atoms with E-state index in [0.29, 0.717) is 105 Å². The number of fused-ring (bicyclic) bond motifs is 6. The number of methoxy groups -OCH3 is 3. The standard InChI is InChI=1S/C58H74N6O12.BrH/c1-10-33(4)46(49(68)69)60-48(67)42-19-15-23-63(42)45(66)32-64-29-35(11-2)25-36(30-64)28-57(53(70)74-8,47-38(31-64)37-17-13-14-18-41(37)59-47)40-26-39-43(27-44(40)73-7)61(6)51-56(39)21-24-62-22-16-20-55(12-3,50(56)62)52(76-34(5)65)58(51,72)54(71)75-9;/h13-14,16-18,20,25-27,33,36,42,46,50-52,59,72H,10-12,15,19,21-24,28-32H2,1-9H3,(H-,60,67,68,69);1H/t33-,36+,42-,46-,50-,51+,52+,55+,56+,57-,58-,64?;/m0./s1. The van der Waals surface area contributed by atoms with E-state index in [2.05, 4.69) is 34.3 Å². The molecule has 1 spiro atoms. The maximum Gasteiger partial charge on any atom is 0.344 e. The number of nitrogens with zero attached hydrogens (tertiary/aromatic N) is 4. The van der Waals surface area contributed by atoms with Crippen LogP contribution < -0.4 is 31.9 Å². The Balaban J connectivity index is 0.00000722. The molecule has 2 aromatic carbocycles. The third-order valence-electron chi connectivity index (χ3n) is 19.2. The zero-order valence-electron chi connectivity index (χ0n) is 45.8. The number of amides is 2. The van der Waals surface area contributed by atoms with Crippen LogP contribution in [0.3, 0.4) is 0 Å². The number of likely N-dealkylation sites (N-methyl/N-ethyl adjacent to an activating group) is 1. The number of hydrogen-bond acceptors (Lipinski definition) is 13. The van der Waals surface area contributed by atoms with Gasteiger partial charge < -0.3 is 70.7 Å². The Hall–Kier alpha value is -5.76. The number of aromatic nitrogens is 1. The van der Waals surface area contributed by atoms with E-state index < -0.39 is 75.9 Å². The minimum absolute atomic E-state index is 0. The molecule has 18 nitrogen and oxygen atoms in total. The second-order valence-electron chi connectivity index (χ2n) is 23.0. The van der Waals surface area contributed by atoms with Crippen molar-refractivity contribution in [3.63, 3.8) is 0 Å². The summed E-state index contributed by atoms with van der Waals surface area (Å²) in [6, 6.07) is 8.62. The molecule has 0 radical (unpaired) electrons. The molecule has 19 heteroatoms. The van der Waals surface area contributed by atoms with Gasteiger partial charge in [-0.3, -0.25) is 24.1 Å². The predicted molar refractivity (Wildman–Crippen MR) is 281 cm³/mol. The number of esters is 3. The normalized spacial score (nSPS) is 32.4. The lowest BCUT2D eigenvalue weighted by molar-refractivity contribution is -0.934. The Kier molecular flexibility index (Phi) is 14.9.